The Balaban J connectivity index is 2.07. The highest BCUT2D eigenvalue weighted by Gasteiger charge is 2.24. The number of carbonyl (C=O) groups excluding carboxylic acids is 1. The van der Waals surface area contributed by atoms with Gasteiger partial charge in [-0.05, 0) is 40.2 Å². The molecule has 3 aromatic rings. The number of aromatic carboxylic acids is 1. The molecule has 1 heterocycles. The predicted molar refractivity (Wildman–Crippen MR) is 97.6 cm³/mol. The summed E-state index contributed by atoms with van der Waals surface area (Å²) in [5.74, 6) is -1.48. The predicted octanol–water partition coefficient (Wildman–Crippen LogP) is 4.24. The van der Waals surface area contributed by atoms with Crippen molar-refractivity contribution >= 4 is 45.2 Å². The molecule has 0 aliphatic heterocycles. The SMILES string of the molecule is O=C(Nc1c(Br)c(C(=O)O)nn1-c1ccccc1)c1ccccc1Cl. The van der Waals surface area contributed by atoms with Gasteiger partial charge in [0.1, 0.15) is 0 Å². The molecule has 0 bridgehead atoms. The van der Waals surface area contributed by atoms with E-state index in [1.54, 1.807) is 48.5 Å². The maximum Gasteiger partial charge on any atom is 0.357 e. The molecule has 0 atom stereocenters. The average Bonchev–Trinajstić information content (AvgIpc) is 2.93. The van der Waals surface area contributed by atoms with Gasteiger partial charge >= 0.3 is 5.97 Å². The van der Waals surface area contributed by atoms with Crippen molar-refractivity contribution in [1.82, 2.24) is 9.78 Å². The van der Waals surface area contributed by atoms with Crippen LogP contribution in [0.2, 0.25) is 5.02 Å². The number of rotatable bonds is 4. The first kappa shape index (κ1) is 17.2. The summed E-state index contributed by atoms with van der Waals surface area (Å²) in [6.45, 7) is 0. The highest BCUT2D eigenvalue weighted by Crippen LogP contribution is 2.30. The molecule has 0 spiro atoms. The number of benzene rings is 2. The maximum absolute atomic E-state index is 12.5. The summed E-state index contributed by atoms with van der Waals surface area (Å²) in [6, 6.07) is 15.5. The lowest BCUT2D eigenvalue weighted by Gasteiger charge is -2.10. The number of amides is 1. The Morgan fingerprint density at radius 2 is 1.72 bits per heavy atom. The fraction of sp³-hybridized carbons (Fsp3) is 0. The second kappa shape index (κ2) is 7.08. The molecule has 126 valence electrons. The Bertz CT molecular complexity index is 957. The van der Waals surface area contributed by atoms with Gasteiger partial charge in [0.25, 0.3) is 5.91 Å². The van der Waals surface area contributed by atoms with Crippen molar-refractivity contribution in [2.24, 2.45) is 0 Å². The minimum absolute atomic E-state index is 0.171. The van der Waals surface area contributed by atoms with Crippen LogP contribution in [0.4, 0.5) is 5.82 Å². The fourth-order valence-corrected chi connectivity index (χ4v) is 2.96. The minimum atomic E-state index is -1.21. The quantitative estimate of drug-likeness (QED) is 0.661. The van der Waals surface area contributed by atoms with Gasteiger partial charge in [-0.15, -0.1) is 0 Å². The Labute approximate surface area is 156 Å². The number of carboxylic acids is 1. The van der Waals surface area contributed by atoms with E-state index in [4.69, 9.17) is 11.6 Å². The molecule has 0 saturated carbocycles. The van der Waals surface area contributed by atoms with Crippen molar-refractivity contribution < 1.29 is 14.7 Å². The molecule has 0 unspecified atom stereocenters. The van der Waals surface area contributed by atoms with E-state index in [-0.39, 0.29) is 21.5 Å². The molecule has 0 fully saturated rings. The molecule has 0 aliphatic rings. The van der Waals surface area contributed by atoms with E-state index in [1.165, 1.54) is 4.68 Å². The van der Waals surface area contributed by atoms with E-state index in [2.05, 4.69) is 26.3 Å². The summed E-state index contributed by atoms with van der Waals surface area (Å²) < 4.78 is 1.52. The summed E-state index contributed by atoms with van der Waals surface area (Å²) in [5.41, 5.74) is 0.664. The Morgan fingerprint density at radius 3 is 2.36 bits per heavy atom. The second-order valence-electron chi connectivity index (χ2n) is 5.00. The number of halogens is 2. The summed E-state index contributed by atoms with van der Waals surface area (Å²) in [4.78, 5) is 23.9. The summed E-state index contributed by atoms with van der Waals surface area (Å²) in [7, 11) is 0. The normalized spacial score (nSPS) is 10.5. The van der Waals surface area contributed by atoms with Gasteiger partial charge in [-0.1, -0.05) is 41.9 Å². The number of aromatic nitrogens is 2. The van der Waals surface area contributed by atoms with Gasteiger partial charge in [-0.25, -0.2) is 9.48 Å². The molecule has 0 aliphatic carbocycles. The Hall–Kier alpha value is -2.64. The standard InChI is InChI=1S/C17H11BrClN3O3/c18-13-14(17(24)25)21-22(10-6-2-1-3-7-10)15(13)20-16(23)11-8-4-5-9-12(11)19/h1-9H,(H,20,23)(H,24,25). The number of carboxylic acid groups (broad SMARTS) is 1. The molecule has 0 saturated heterocycles. The lowest BCUT2D eigenvalue weighted by molar-refractivity contribution is 0.0688. The van der Waals surface area contributed by atoms with E-state index in [0.29, 0.717) is 10.7 Å². The van der Waals surface area contributed by atoms with Crippen molar-refractivity contribution in [3.05, 3.63) is 75.4 Å². The molecular weight excluding hydrogens is 410 g/mol. The number of carbonyl (C=O) groups is 2. The lowest BCUT2D eigenvalue weighted by Crippen LogP contribution is -2.16. The largest absolute Gasteiger partial charge is 0.476 e. The molecular formula is C17H11BrClN3O3. The molecule has 1 aromatic heterocycles. The van der Waals surface area contributed by atoms with Crippen LogP contribution in [0.15, 0.2) is 59.1 Å². The first-order chi connectivity index (χ1) is 12.0. The van der Waals surface area contributed by atoms with Crippen LogP contribution in [0, 0.1) is 0 Å². The van der Waals surface area contributed by atoms with E-state index < -0.39 is 11.9 Å². The monoisotopic (exact) mass is 419 g/mol. The van der Waals surface area contributed by atoms with Crippen molar-refractivity contribution in [3.63, 3.8) is 0 Å². The Kier molecular flexibility index (Phi) is 4.87. The highest BCUT2D eigenvalue weighted by atomic mass is 79.9. The molecule has 6 nitrogen and oxygen atoms in total. The summed E-state index contributed by atoms with van der Waals surface area (Å²) in [6.07, 6.45) is 0. The van der Waals surface area contributed by atoms with Gasteiger partial charge in [0, 0.05) is 0 Å². The highest BCUT2D eigenvalue weighted by molar-refractivity contribution is 9.10. The van der Waals surface area contributed by atoms with E-state index in [0.717, 1.165) is 0 Å². The summed E-state index contributed by atoms with van der Waals surface area (Å²) in [5, 5.41) is 16.3. The van der Waals surface area contributed by atoms with Gasteiger partial charge in [-0.3, -0.25) is 4.79 Å². The topological polar surface area (TPSA) is 84.2 Å². The van der Waals surface area contributed by atoms with Crippen molar-refractivity contribution in [1.29, 1.82) is 0 Å². The van der Waals surface area contributed by atoms with Crippen molar-refractivity contribution in [3.8, 4) is 5.69 Å². The molecule has 2 aromatic carbocycles. The second-order valence-corrected chi connectivity index (χ2v) is 6.20. The van der Waals surface area contributed by atoms with E-state index in [9.17, 15) is 14.7 Å². The first-order valence-corrected chi connectivity index (χ1v) is 8.29. The number of hydrogen-bond donors (Lipinski definition) is 2. The number of nitrogens with one attached hydrogen (secondary N) is 1. The number of hydrogen-bond acceptors (Lipinski definition) is 3. The van der Waals surface area contributed by atoms with Crippen LogP contribution in [0.1, 0.15) is 20.8 Å². The van der Waals surface area contributed by atoms with E-state index in [1.807, 2.05) is 6.07 Å². The smallest absolute Gasteiger partial charge is 0.357 e. The van der Waals surface area contributed by atoms with Crippen LogP contribution < -0.4 is 5.32 Å². The first-order valence-electron chi connectivity index (χ1n) is 7.12. The third-order valence-corrected chi connectivity index (χ3v) is 4.46. The number of para-hydroxylation sites is 1. The Morgan fingerprint density at radius 1 is 1.08 bits per heavy atom. The third kappa shape index (κ3) is 3.42. The van der Waals surface area contributed by atoms with Crippen LogP contribution in [-0.4, -0.2) is 26.8 Å². The van der Waals surface area contributed by atoms with Gasteiger partial charge in [0.2, 0.25) is 0 Å². The van der Waals surface area contributed by atoms with Gasteiger partial charge in [0.15, 0.2) is 11.5 Å². The van der Waals surface area contributed by atoms with Gasteiger partial charge in [-0.2, -0.15) is 5.10 Å². The molecule has 3 rings (SSSR count). The molecule has 2 N–H and O–H groups in total. The molecule has 25 heavy (non-hydrogen) atoms. The zero-order valence-electron chi connectivity index (χ0n) is 12.6. The van der Waals surface area contributed by atoms with Crippen molar-refractivity contribution in [2.45, 2.75) is 0 Å². The summed E-state index contributed by atoms with van der Waals surface area (Å²) >= 11 is 9.26. The number of anilines is 1. The molecule has 1 amide bonds. The van der Waals surface area contributed by atoms with Crippen LogP contribution in [0.25, 0.3) is 5.69 Å². The van der Waals surface area contributed by atoms with Gasteiger partial charge < -0.3 is 10.4 Å². The van der Waals surface area contributed by atoms with Crippen LogP contribution in [0.3, 0.4) is 0 Å². The van der Waals surface area contributed by atoms with Crippen LogP contribution in [-0.2, 0) is 0 Å². The fourth-order valence-electron chi connectivity index (χ4n) is 2.22. The van der Waals surface area contributed by atoms with Crippen LogP contribution >= 0.6 is 27.5 Å². The van der Waals surface area contributed by atoms with E-state index >= 15 is 0 Å². The zero-order chi connectivity index (χ0) is 18.0. The third-order valence-electron chi connectivity index (χ3n) is 3.38. The van der Waals surface area contributed by atoms with Crippen LogP contribution in [0.5, 0.6) is 0 Å². The lowest BCUT2D eigenvalue weighted by atomic mass is 10.2. The zero-order valence-corrected chi connectivity index (χ0v) is 15.0. The van der Waals surface area contributed by atoms with Gasteiger partial charge in [0.05, 0.1) is 20.7 Å². The average molecular weight is 421 g/mol. The number of nitrogens with zero attached hydrogens (tertiary/aromatic N) is 2. The molecule has 0 radical (unpaired) electrons. The minimum Gasteiger partial charge on any atom is -0.476 e. The van der Waals surface area contributed by atoms with Crippen molar-refractivity contribution in [2.75, 3.05) is 5.32 Å². The maximum atomic E-state index is 12.5. The molecule has 8 heteroatoms.